The molecule has 1 aromatic carbocycles. The van der Waals surface area contributed by atoms with Crippen LogP contribution in [0.3, 0.4) is 0 Å². The molecule has 6 aliphatic rings. The summed E-state index contributed by atoms with van der Waals surface area (Å²) in [7, 11) is 0. The molecule has 1 N–H and O–H groups in total. The highest BCUT2D eigenvalue weighted by molar-refractivity contribution is 5.82. The minimum Gasteiger partial charge on any atom is -0.377 e. The molecule has 4 heteroatoms. The zero-order valence-corrected chi connectivity index (χ0v) is 20.8. The zero-order valence-electron chi connectivity index (χ0n) is 20.8. The number of hydrogen-bond donors (Lipinski definition) is 1. The summed E-state index contributed by atoms with van der Waals surface area (Å²) in [5.41, 5.74) is 4.68. The third-order valence-electron chi connectivity index (χ3n) is 10.5. The fourth-order valence-electron chi connectivity index (χ4n) is 8.91. The van der Waals surface area contributed by atoms with Gasteiger partial charge in [0.2, 0.25) is 0 Å². The molecular weight excluding hydrogens is 432 g/mol. The Balaban J connectivity index is 1.10. The van der Waals surface area contributed by atoms with Crippen molar-refractivity contribution in [1.29, 1.82) is 0 Å². The van der Waals surface area contributed by atoms with E-state index in [1.54, 1.807) is 5.57 Å². The van der Waals surface area contributed by atoms with Crippen molar-refractivity contribution in [3.8, 4) is 0 Å². The molecule has 0 amide bonds. The van der Waals surface area contributed by atoms with E-state index in [9.17, 15) is 0 Å². The van der Waals surface area contributed by atoms with Gasteiger partial charge >= 0.3 is 0 Å². The summed E-state index contributed by atoms with van der Waals surface area (Å²) in [6.45, 7) is 3.99. The second-order valence-electron chi connectivity index (χ2n) is 12.6. The second kappa shape index (κ2) is 7.27. The Morgan fingerprint density at radius 3 is 2.89 bits per heavy atom. The van der Waals surface area contributed by atoms with Crippen molar-refractivity contribution in [2.75, 3.05) is 13.2 Å². The molecular formula is C31H36N2O2. The number of nitrogens with one attached hydrogen (secondary N) is 1. The van der Waals surface area contributed by atoms with Crippen LogP contribution in [0.2, 0.25) is 0 Å². The van der Waals surface area contributed by atoms with Gasteiger partial charge in [-0.1, -0.05) is 24.3 Å². The van der Waals surface area contributed by atoms with Crippen molar-refractivity contribution >= 4 is 10.8 Å². The predicted octanol–water partition coefficient (Wildman–Crippen LogP) is 5.83. The van der Waals surface area contributed by atoms with Crippen molar-refractivity contribution in [3.63, 3.8) is 0 Å². The Morgan fingerprint density at radius 1 is 1.06 bits per heavy atom. The van der Waals surface area contributed by atoms with Gasteiger partial charge in [-0.15, -0.1) is 0 Å². The van der Waals surface area contributed by atoms with E-state index < -0.39 is 0 Å². The number of rotatable bonds is 3. The normalized spacial score (nSPS) is 40.8. The van der Waals surface area contributed by atoms with Gasteiger partial charge < -0.3 is 14.8 Å². The maximum absolute atomic E-state index is 7.43. The Bertz CT molecular complexity index is 1260. The summed E-state index contributed by atoms with van der Waals surface area (Å²) < 4.78 is 12.9. The van der Waals surface area contributed by atoms with Crippen LogP contribution in [0.25, 0.3) is 10.8 Å². The second-order valence-corrected chi connectivity index (χ2v) is 12.6. The molecule has 4 fully saturated rings. The van der Waals surface area contributed by atoms with E-state index in [0.29, 0.717) is 23.8 Å². The fraction of sp³-hybridized carbons (Fsp3) is 0.581. The average molecular weight is 469 g/mol. The van der Waals surface area contributed by atoms with E-state index in [1.165, 1.54) is 66.9 Å². The lowest BCUT2D eigenvalue weighted by atomic mass is 9.66. The number of hydrogen-bond acceptors (Lipinski definition) is 4. The van der Waals surface area contributed by atoms with Gasteiger partial charge in [-0.3, -0.25) is 4.98 Å². The molecule has 2 saturated carbocycles. The quantitative estimate of drug-likeness (QED) is 0.615. The molecule has 2 spiro atoms. The van der Waals surface area contributed by atoms with Crippen molar-refractivity contribution < 1.29 is 9.47 Å². The maximum Gasteiger partial charge on any atom is 0.0972 e. The van der Waals surface area contributed by atoms with Gasteiger partial charge in [0.1, 0.15) is 0 Å². The summed E-state index contributed by atoms with van der Waals surface area (Å²) in [6, 6.07) is 9.73. The van der Waals surface area contributed by atoms with E-state index >= 15 is 0 Å². The van der Waals surface area contributed by atoms with Crippen LogP contribution >= 0.6 is 0 Å². The summed E-state index contributed by atoms with van der Waals surface area (Å²) in [4.78, 5) is 4.37. The molecule has 2 saturated heterocycles. The summed E-state index contributed by atoms with van der Waals surface area (Å²) in [5, 5.41) is 6.51. The van der Waals surface area contributed by atoms with Gasteiger partial charge in [-0.25, -0.2) is 0 Å². The smallest absolute Gasteiger partial charge is 0.0972 e. The van der Waals surface area contributed by atoms with Gasteiger partial charge in [-0.2, -0.15) is 0 Å². The van der Waals surface area contributed by atoms with Gasteiger partial charge in [0, 0.05) is 23.8 Å². The molecule has 2 aromatic rings. The first-order chi connectivity index (χ1) is 17.1. The highest BCUT2D eigenvalue weighted by Gasteiger charge is 2.63. The predicted molar refractivity (Wildman–Crippen MR) is 137 cm³/mol. The molecule has 1 aromatic heterocycles. The number of fused-ring (bicyclic) bond motifs is 2. The molecule has 4 heterocycles. The SMILES string of the molecule is CC1(NC2CCC3=CC4=CCC5C(c6ccc7ccncc7c6)CCC5C45CCC3(C2)O5)COC1. The van der Waals surface area contributed by atoms with E-state index in [-0.39, 0.29) is 16.7 Å². The first-order valence-corrected chi connectivity index (χ1v) is 13.9. The Hall–Kier alpha value is -2.01. The lowest BCUT2D eigenvalue weighted by Crippen LogP contribution is -2.63. The number of nitrogens with zero attached hydrogens (tertiary/aromatic N) is 1. The monoisotopic (exact) mass is 468 g/mol. The first kappa shape index (κ1) is 21.1. The topological polar surface area (TPSA) is 43.4 Å². The Kier molecular flexibility index (Phi) is 4.39. The molecule has 6 atom stereocenters. The van der Waals surface area contributed by atoms with E-state index in [2.05, 4.69) is 53.6 Å². The number of allylic oxidation sites excluding steroid dienone is 1. The number of pyridine rings is 1. The third-order valence-corrected chi connectivity index (χ3v) is 10.5. The molecule has 3 aliphatic carbocycles. The molecule has 182 valence electrons. The lowest BCUT2D eigenvalue weighted by Gasteiger charge is -2.52. The van der Waals surface area contributed by atoms with E-state index in [0.717, 1.165) is 19.6 Å². The highest BCUT2D eigenvalue weighted by Crippen LogP contribution is 2.65. The van der Waals surface area contributed by atoms with Gasteiger partial charge in [0.05, 0.1) is 30.0 Å². The summed E-state index contributed by atoms with van der Waals surface area (Å²) in [5.74, 6) is 1.95. The Morgan fingerprint density at radius 2 is 2.00 bits per heavy atom. The molecule has 35 heavy (non-hydrogen) atoms. The first-order valence-electron chi connectivity index (χ1n) is 13.9. The summed E-state index contributed by atoms with van der Waals surface area (Å²) in [6.07, 6.45) is 18.7. The third kappa shape index (κ3) is 3.00. The van der Waals surface area contributed by atoms with Crippen molar-refractivity contribution in [1.82, 2.24) is 10.3 Å². The van der Waals surface area contributed by atoms with Crippen LogP contribution in [-0.4, -0.2) is 41.0 Å². The molecule has 6 unspecified atom stereocenters. The zero-order chi connectivity index (χ0) is 23.3. The Labute approximate surface area is 208 Å². The molecule has 8 rings (SSSR count). The maximum atomic E-state index is 7.43. The number of aromatic nitrogens is 1. The average Bonchev–Trinajstić information content (AvgIpc) is 3.42. The molecule has 2 bridgehead atoms. The molecule has 3 aliphatic heterocycles. The molecule has 0 radical (unpaired) electrons. The van der Waals surface area contributed by atoms with E-state index in [4.69, 9.17) is 9.47 Å². The van der Waals surface area contributed by atoms with Gasteiger partial charge in [0.15, 0.2) is 0 Å². The molecule has 4 nitrogen and oxygen atoms in total. The van der Waals surface area contributed by atoms with Crippen LogP contribution in [0.15, 0.2) is 60.0 Å². The largest absolute Gasteiger partial charge is 0.377 e. The van der Waals surface area contributed by atoms with Crippen LogP contribution in [0.4, 0.5) is 0 Å². The van der Waals surface area contributed by atoms with Gasteiger partial charge in [0.25, 0.3) is 0 Å². The number of benzene rings is 1. The van der Waals surface area contributed by atoms with Crippen LogP contribution in [0.1, 0.15) is 69.8 Å². The van der Waals surface area contributed by atoms with E-state index in [1.807, 2.05) is 12.4 Å². The van der Waals surface area contributed by atoms with Crippen LogP contribution in [0, 0.1) is 11.8 Å². The minimum absolute atomic E-state index is 0.0389. The van der Waals surface area contributed by atoms with Crippen LogP contribution < -0.4 is 5.32 Å². The van der Waals surface area contributed by atoms with Gasteiger partial charge in [-0.05, 0) is 110 Å². The summed E-state index contributed by atoms with van der Waals surface area (Å²) >= 11 is 0. The van der Waals surface area contributed by atoms with Crippen molar-refractivity contribution in [2.24, 2.45) is 11.8 Å². The lowest BCUT2D eigenvalue weighted by molar-refractivity contribution is -0.128. The number of ether oxygens (including phenoxy) is 2. The fourth-order valence-corrected chi connectivity index (χ4v) is 8.91. The highest BCUT2D eigenvalue weighted by atomic mass is 16.5. The van der Waals surface area contributed by atoms with Crippen LogP contribution in [0.5, 0.6) is 0 Å². The van der Waals surface area contributed by atoms with Crippen molar-refractivity contribution in [3.05, 3.63) is 65.5 Å². The standard InChI is InChI=1S/C31H36N2O2/c1-29(18-34-19-29)33-25-6-4-23-15-24-5-7-27-26(21-3-2-20-10-13-32-17-22(20)14-21)8-9-28(27)31(24)12-11-30(23,16-25)35-31/h2-3,5,10,13-15,17,25-28,33H,4,6-9,11-12,16,18-19H2,1H3. The minimum atomic E-state index is -0.0507. The van der Waals surface area contributed by atoms with Crippen LogP contribution in [-0.2, 0) is 9.47 Å². The van der Waals surface area contributed by atoms with Crippen molar-refractivity contribution in [2.45, 2.75) is 87.0 Å².